The number of aliphatic hydroxyl groups excluding tert-OH is 1. The van der Waals surface area contributed by atoms with Crippen LogP contribution in [-0.2, 0) is 4.74 Å². The molecule has 2 heterocycles. The summed E-state index contributed by atoms with van der Waals surface area (Å²) >= 11 is 2.55. The maximum atomic E-state index is 9.72. The van der Waals surface area contributed by atoms with E-state index in [9.17, 15) is 15.3 Å². The third kappa shape index (κ3) is 2.56. The van der Waals surface area contributed by atoms with Gasteiger partial charge in [0.2, 0.25) is 0 Å². The molecule has 0 aliphatic rings. The van der Waals surface area contributed by atoms with E-state index in [0.717, 1.165) is 4.88 Å². The number of ether oxygens (including phenoxy) is 1. The van der Waals surface area contributed by atoms with Gasteiger partial charge >= 0.3 is 0 Å². The first-order valence-electron chi connectivity index (χ1n) is 5.13. The molecule has 0 radical (unpaired) electrons. The van der Waals surface area contributed by atoms with Crippen LogP contribution < -0.4 is 0 Å². The molecule has 2 aromatic rings. The molecule has 0 saturated carbocycles. The van der Waals surface area contributed by atoms with Crippen molar-refractivity contribution in [2.24, 2.45) is 0 Å². The van der Waals surface area contributed by atoms with E-state index in [1.165, 1.54) is 28.1 Å². The minimum Gasteiger partial charge on any atom is -0.504 e. The van der Waals surface area contributed by atoms with Crippen LogP contribution in [0.2, 0.25) is 0 Å². The minimum absolute atomic E-state index is 0.130. The van der Waals surface area contributed by atoms with Gasteiger partial charge in [0, 0.05) is 10.3 Å². The monoisotopic (exact) mass is 284 g/mol. The first-order valence-corrected chi connectivity index (χ1v) is 6.83. The summed E-state index contributed by atoms with van der Waals surface area (Å²) in [6.45, 7) is 3.76. The van der Waals surface area contributed by atoms with Gasteiger partial charge in [0.15, 0.2) is 17.8 Å². The zero-order chi connectivity index (χ0) is 13.1. The van der Waals surface area contributed by atoms with Crippen molar-refractivity contribution >= 4 is 22.7 Å². The molecular formula is C12H12O4S2. The topological polar surface area (TPSA) is 69.9 Å². The first kappa shape index (κ1) is 13.1. The Balaban J connectivity index is 2.20. The lowest BCUT2D eigenvalue weighted by atomic mass is 10.3. The summed E-state index contributed by atoms with van der Waals surface area (Å²) in [4.78, 5) is 1.99. The molecule has 0 bridgehead atoms. The van der Waals surface area contributed by atoms with Crippen LogP contribution in [0.15, 0.2) is 30.2 Å². The molecule has 0 saturated heterocycles. The summed E-state index contributed by atoms with van der Waals surface area (Å²) in [6, 6.07) is 3.50. The number of rotatable bonds is 5. The van der Waals surface area contributed by atoms with E-state index in [1.807, 2.05) is 0 Å². The molecule has 3 N–H and O–H groups in total. The van der Waals surface area contributed by atoms with Crippen LogP contribution in [0.4, 0.5) is 0 Å². The fourth-order valence-electron chi connectivity index (χ4n) is 1.37. The van der Waals surface area contributed by atoms with E-state index in [-0.39, 0.29) is 18.1 Å². The normalized spacial score (nSPS) is 12.5. The summed E-state index contributed by atoms with van der Waals surface area (Å²) in [5.41, 5.74) is 0. The molecule has 2 rings (SSSR count). The molecule has 0 aliphatic carbocycles. The van der Waals surface area contributed by atoms with Gasteiger partial charge in [-0.3, -0.25) is 0 Å². The van der Waals surface area contributed by atoms with Gasteiger partial charge in [0.25, 0.3) is 0 Å². The third-order valence-corrected chi connectivity index (χ3v) is 4.46. The van der Waals surface area contributed by atoms with Gasteiger partial charge in [-0.1, -0.05) is 6.08 Å². The number of aliphatic hydroxyl groups is 1. The van der Waals surface area contributed by atoms with Crippen molar-refractivity contribution in [3.8, 4) is 21.3 Å². The maximum absolute atomic E-state index is 9.72. The van der Waals surface area contributed by atoms with Gasteiger partial charge in [-0.25, -0.2) is 0 Å². The van der Waals surface area contributed by atoms with Crippen molar-refractivity contribution in [1.82, 2.24) is 0 Å². The van der Waals surface area contributed by atoms with Gasteiger partial charge in [0.1, 0.15) is 0 Å². The first-order chi connectivity index (χ1) is 8.63. The fraction of sp³-hybridized carbons (Fsp3) is 0.167. The Bertz CT molecular complexity index is 544. The van der Waals surface area contributed by atoms with Gasteiger partial charge < -0.3 is 20.1 Å². The summed E-state index contributed by atoms with van der Waals surface area (Å²) in [5, 5.41) is 30.1. The predicted molar refractivity (Wildman–Crippen MR) is 72.1 cm³/mol. The van der Waals surface area contributed by atoms with Gasteiger partial charge in [-0.05, 0) is 12.1 Å². The van der Waals surface area contributed by atoms with Crippen molar-refractivity contribution in [3.63, 3.8) is 0 Å². The van der Waals surface area contributed by atoms with E-state index in [4.69, 9.17) is 4.74 Å². The zero-order valence-electron chi connectivity index (χ0n) is 9.37. The lowest BCUT2D eigenvalue weighted by molar-refractivity contribution is -0.0895. The van der Waals surface area contributed by atoms with E-state index in [0.29, 0.717) is 9.75 Å². The highest BCUT2D eigenvalue weighted by molar-refractivity contribution is 7.21. The standard InChI is InChI=1S/C12H12O4S2/c1-2-5-16-12(15)9-4-3-8(18-9)11-10(14)7(13)6-17-11/h2-4,6,12-15H,1,5H2. The second kappa shape index (κ2) is 5.53. The second-order valence-corrected chi connectivity index (χ2v) is 5.47. The molecule has 0 amide bonds. The number of hydrogen-bond acceptors (Lipinski definition) is 6. The van der Waals surface area contributed by atoms with Crippen LogP contribution in [0.3, 0.4) is 0 Å². The Morgan fingerprint density at radius 3 is 2.78 bits per heavy atom. The molecule has 0 aromatic carbocycles. The zero-order valence-corrected chi connectivity index (χ0v) is 11.0. The van der Waals surface area contributed by atoms with Crippen molar-refractivity contribution in [3.05, 3.63) is 35.0 Å². The van der Waals surface area contributed by atoms with E-state index in [1.54, 1.807) is 18.2 Å². The predicted octanol–water partition coefficient (Wildman–Crippen LogP) is 3.08. The molecule has 0 fully saturated rings. The van der Waals surface area contributed by atoms with Crippen LogP contribution >= 0.6 is 22.7 Å². The smallest absolute Gasteiger partial charge is 0.190 e. The molecule has 0 spiro atoms. The van der Waals surface area contributed by atoms with Crippen LogP contribution in [0.5, 0.6) is 11.5 Å². The summed E-state index contributed by atoms with van der Waals surface area (Å²) in [5.74, 6) is -0.261. The Morgan fingerprint density at radius 2 is 2.17 bits per heavy atom. The van der Waals surface area contributed by atoms with Crippen LogP contribution in [0, 0.1) is 0 Å². The molecular weight excluding hydrogens is 272 g/mol. The fourth-order valence-corrected chi connectivity index (χ4v) is 3.26. The van der Waals surface area contributed by atoms with Crippen molar-refractivity contribution in [2.45, 2.75) is 6.29 Å². The Kier molecular flexibility index (Phi) is 4.03. The third-order valence-electron chi connectivity index (χ3n) is 2.21. The Labute approximate surface area is 112 Å². The molecule has 6 heteroatoms. The lowest BCUT2D eigenvalue weighted by Gasteiger charge is -2.07. The summed E-state index contributed by atoms with van der Waals surface area (Å²) < 4.78 is 5.10. The number of aromatic hydroxyl groups is 2. The average Bonchev–Trinajstić information content (AvgIpc) is 2.95. The molecule has 18 heavy (non-hydrogen) atoms. The highest BCUT2D eigenvalue weighted by Gasteiger charge is 2.16. The molecule has 4 nitrogen and oxygen atoms in total. The van der Waals surface area contributed by atoms with Gasteiger partial charge in [0.05, 0.1) is 16.4 Å². The van der Waals surface area contributed by atoms with Gasteiger partial charge in [-0.2, -0.15) is 0 Å². The van der Waals surface area contributed by atoms with Crippen LogP contribution in [0.25, 0.3) is 9.75 Å². The highest BCUT2D eigenvalue weighted by atomic mass is 32.1. The second-order valence-electron chi connectivity index (χ2n) is 3.48. The Morgan fingerprint density at radius 1 is 1.39 bits per heavy atom. The van der Waals surface area contributed by atoms with E-state index >= 15 is 0 Å². The maximum Gasteiger partial charge on any atom is 0.190 e. The number of thiophene rings is 2. The SMILES string of the molecule is C=CCOC(O)c1ccc(-c2scc(O)c2O)s1. The molecule has 1 atom stereocenters. The van der Waals surface area contributed by atoms with Crippen molar-refractivity contribution in [1.29, 1.82) is 0 Å². The largest absolute Gasteiger partial charge is 0.504 e. The minimum atomic E-state index is -1.00. The average molecular weight is 284 g/mol. The van der Waals surface area contributed by atoms with E-state index < -0.39 is 6.29 Å². The lowest BCUT2D eigenvalue weighted by Crippen LogP contribution is -2.00. The molecule has 96 valence electrons. The Hall–Kier alpha value is -1.34. The molecule has 1 unspecified atom stereocenters. The quantitative estimate of drug-likeness (QED) is 0.583. The van der Waals surface area contributed by atoms with Crippen LogP contribution in [0.1, 0.15) is 11.2 Å². The van der Waals surface area contributed by atoms with Crippen LogP contribution in [-0.4, -0.2) is 21.9 Å². The summed E-state index contributed by atoms with van der Waals surface area (Å²) in [6.07, 6.45) is 0.554. The van der Waals surface area contributed by atoms with E-state index in [2.05, 4.69) is 6.58 Å². The highest BCUT2D eigenvalue weighted by Crippen LogP contribution is 2.45. The summed E-state index contributed by atoms with van der Waals surface area (Å²) in [7, 11) is 0. The number of hydrogen-bond donors (Lipinski definition) is 3. The van der Waals surface area contributed by atoms with Gasteiger partial charge in [-0.15, -0.1) is 29.3 Å². The van der Waals surface area contributed by atoms with Crippen molar-refractivity contribution < 1.29 is 20.1 Å². The molecule has 0 aliphatic heterocycles. The van der Waals surface area contributed by atoms with Crippen molar-refractivity contribution in [2.75, 3.05) is 6.61 Å². The molecule has 2 aromatic heterocycles.